The first-order valence-corrected chi connectivity index (χ1v) is 8.10. The average molecular weight is 321 g/mol. The summed E-state index contributed by atoms with van der Waals surface area (Å²) in [6.07, 6.45) is 13.0. The molecular formula is C17H19N7. The zero-order chi connectivity index (χ0) is 16.4. The van der Waals surface area contributed by atoms with E-state index in [1.54, 1.807) is 18.6 Å². The number of hydrogen-bond donors (Lipinski definition) is 0. The highest BCUT2D eigenvalue weighted by Gasteiger charge is 2.24. The van der Waals surface area contributed by atoms with Crippen LogP contribution in [-0.2, 0) is 13.5 Å². The molecule has 4 heterocycles. The van der Waals surface area contributed by atoms with Gasteiger partial charge in [0.2, 0.25) is 5.95 Å². The van der Waals surface area contributed by atoms with Gasteiger partial charge in [0.1, 0.15) is 5.69 Å². The van der Waals surface area contributed by atoms with Gasteiger partial charge < -0.3 is 9.47 Å². The van der Waals surface area contributed by atoms with Crippen LogP contribution >= 0.6 is 0 Å². The Kier molecular flexibility index (Phi) is 3.90. The first-order chi connectivity index (χ1) is 11.8. The van der Waals surface area contributed by atoms with Crippen LogP contribution in [0.4, 0.5) is 5.95 Å². The third kappa shape index (κ3) is 2.97. The van der Waals surface area contributed by atoms with Gasteiger partial charge in [-0.05, 0) is 24.8 Å². The maximum absolute atomic E-state index is 4.57. The number of anilines is 1. The number of aryl methyl sites for hydroxylation is 1. The lowest BCUT2D eigenvalue weighted by Gasteiger charge is -2.15. The fourth-order valence-corrected chi connectivity index (χ4v) is 3.12. The molecule has 0 amide bonds. The highest BCUT2D eigenvalue weighted by Crippen LogP contribution is 2.23. The molecule has 0 bridgehead atoms. The normalized spacial score (nSPS) is 17.4. The zero-order valence-electron chi connectivity index (χ0n) is 13.6. The minimum Gasteiger partial charge on any atom is -0.341 e. The van der Waals surface area contributed by atoms with E-state index in [1.807, 2.05) is 36.3 Å². The van der Waals surface area contributed by atoms with E-state index in [-0.39, 0.29) is 0 Å². The van der Waals surface area contributed by atoms with Crippen LogP contribution in [0.2, 0.25) is 0 Å². The Morgan fingerprint density at radius 1 is 1.04 bits per heavy atom. The van der Waals surface area contributed by atoms with Crippen LogP contribution in [0.25, 0.3) is 11.5 Å². The van der Waals surface area contributed by atoms with E-state index < -0.39 is 0 Å². The molecule has 0 N–H and O–H groups in total. The summed E-state index contributed by atoms with van der Waals surface area (Å²) in [6, 6.07) is 1.84. The van der Waals surface area contributed by atoms with E-state index in [0.29, 0.717) is 5.92 Å². The molecular weight excluding hydrogens is 302 g/mol. The topological polar surface area (TPSA) is 72.6 Å². The Morgan fingerprint density at radius 3 is 2.62 bits per heavy atom. The molecule has 1 aliphatic rings. The van der Waals surface area contributed by atoms with E-state index in [1.165, 1.54) is 0 Å². The first kappa shape index (κ1) is 14.7. The third-order valence-corrected chi connectivity index (χ3v) is 4.37. The molecule has 0 aromatic carbocycles. The molecule has 7 heteroatoms. The van der Waals surface area contributed by atoms with Gasteiger partial charge in [0.25, 0.3) is 0 Å². The second-order valence-corrected chi connectivity index (χ2v) is 6.11. The van der Waals surface area contributed by atoms with E-state index in [2.05, 4.69) is 29.8 Å². The average Bonchev–Trinajstić information content (AvgIpc) is 3.26. The van der Waals surface area contributed by atoms with Crippen molar-refractivity contribution in [2.75, 3.05) is 18.0 Å². The Hall–Kier alpha value is -2.83. The minimum absolute atomic E-state index is 0.558. The predicted octanol–water partition coefficient (Wildman–Crippen LogP) is 1.74. The summed E-state index contributed by atoms with van der Waals surface area (Å²) in [7, 11) is 1.96. The molecule has 4 rings (SSSR count). The summed E-state index contributed by atoms with van der Waals surface area (Å²) in [6.45, 7) is 1.96. The Morgan fingerprint density at radius 2 is 1.92 bits per heavy atom. The van der Waals surface area contributed by atoms with Crippen LogP contribution in [0.1, 0.15) is 12.1 Å². The molecule has 3 aromatic heterocycles. The van der Waals surface area contributed by atoms with Gasteiger partial charge in [-0.2, -0.15) is 0 Å². The second kappa shape index (κ2) is 6.35. The lowest BCUT2D eigenvalue weighted by atomic mass is 10.0. The molecule has 0 aliphatic carbocycles. The van der Waals surface area contributed by atoms with Gasteiger partial charge in [-0.3, -0.25) is 4.98 Å². The molecule has 122 valence electrons. The fraction of sp³-hybridized carbons (Fsp3) is 0.353. The van der Waals surface area contributed by atoms with Gasteiger partial charge >= 0.3 is 0 Å². The van der Waals surface area contributed by atoms with Crippen molar-refractivity contribution in [2.45, 2.75) is 12.8 Å². The lowest BCUT2D eigenvalue weighted by Crippen LogP contribution is -2.22. The van der Waals surface area contributed by atoms with Crippen LogP contribution in [0, 0.1) is 5.92 Å². The van der Waals surface area contributed by atoms with Crippen molar-refractivity contribution in [2.24, 2.45) is 13.0 Å². The lowest BCUT2D eigenvalue weighted by molar-refractivity contribution is 0.575. The van der Waals surface area contributed by atoms with E-state index in [9.17, 15) is 0 Å². The summed E-state index contributed by atoms with van der Waals surface area (Å²) >= 11 is 0. The number of rotatable bonds is 4. The van der Waals surface area contributed by atoms with Gasteiger partial charge in [0, 0.05) is 51.1 Å². The van der Waals surface area contributed by atoms with Gasteiger partial charge in [-0.25, -0.2) is 19.9 Å². The van der Waals surface area contributed by atoms with Gasteiger partial charge in [-0.15, -0.1) is 0 Å². The monoisotopic (exact) mass is 321 g/mol. The Balaban J connectivity index is 1.40. The van der Waals surface area contributed by atoms with Gasteiger partial charge in [-0.1, -0.05) is 0 Å². The van der Waals surface area contributed by atoms with E-state index in [4.69, 9.17) is 0 Å². The highest BCUT2D eigenvalue weighted by atomic mass is 15.3. The van der Waals surface area contributed by atoms with Crippen molar-refractivity contribution < 1.29 is 0 Å². The van der Waals surface area contributed by atoms with Gasteiger partial charge in [0.05, 0.1) is 11.9 Å². The highest BCUT2D eigenvalue weighted by molar-refractivity contribution is 5.47. The SMILES string of the molecule is Cn1ccnc1-c1cnc(CC2CCN(c3ncccn3)C2)cn1. The predicted molar refractivity (Wildman–Crippen MR) is 90.3 cm³/mol. The molecule has 1 aliphatic heterocycles. The number of nitrogens with zero attached hydrogens (tertiary/aromatic N) is 7. The largest absolute Gasteiger partial charge is 0.341 e. The molecule has 3 aromatic rings. The van der Waals surface area contributed by atoms with E-state index >= 15 is 0 Å². The fourth-order valence-electron chi connectivity index (χ4n) is 3.12. The number of imidazole rings is 1. The standard InChI is InChI=1S/C17H19N7/c1-23-8-6-18-16(23)15-11-21-14(10-22-15)9-13-3-7-24(12-13)17-19-4-2-5-20-17/h2,4-6,8,10-11,13H,3,7,9,12H2,1H3. The summed E-state index contributed by atoms with van der Waals surface area (Å²) < 4.78 is 1.94. The smallest absolute Gasteiger partial charge is 0.225 e. The van der Waals surface area contributed by atoms with Crippen molar-refractivity contribution in [1.82, 2.24) is 29.5 Å². The van der Waals surface area contributed by atoms with Crippen LogP contribution < -0.4 is 4.90 Å². The molecule has 7 nitrogen and oxygen atoms in total. The third-order valence-electron chi connectivity index (χ3n) is 4.37. The van der Waals surface area contributed by atoms with Crippen LogP contribution in [0.15, 0.2) is 43.2 Å². The maximum atomic E-state index is 4.57. The molecule has 0 saturated carbocycles. The van der Waals surface area contributed by atoms with Crippen LogP contribution in [-0.4, -0.2) is 42.6 Å². The maximum Gasteiger partial charge on any atom is 0.225 e. The van der Waals surface area contributed by atoms with Crippen molar-refractivity contribution in [3.05, 3.63) is 48.9 Å². The van der Waals surface area contributed by atoms with Gasteiger partial charge in [0.15, 0.2) is 5.82 Å². The molecule has 24 heavy (non-hydrogen) atoms. The number of aromatic nitrogens is 6. The Bertz CT molecular complexity index is 797. The summed E-state index contributed by atoms with van der Waals surface area (Å²) in [5.41, 5.74) is 1.82. The quantitative estimate of drug-likeness (QED) is 0.729. The van der Waals surface area contributed by atoms with Crippen molar-refractivity contribution in [3.8, 4) is 11.5 Å². The van der Waals surface area contributed by atoms with Crippen molar-refractivity contribution >= 4 is 5.95 Å². The van der Waals surface area contributed by atoms with Crippen LogP contribution in [0.5, 0.6) is 0 Å². The van der Waals surface area contributed by atoms with E-state index in [0.717, 1.165) is 49.1 Å². The summed E-state index contributed by atoms with van der Waals surface area (Å²) in [5, 5.41) is 0. The number of hydrogen-bond acceptors (Lipinski definition) is 6. The Labute approximate surface area is 140 Å². The molecule has 1 saturated heterocycles. The zero-order valence-corrected chi connectivity index (χ0v) is 13.6. The molecule has 1 fully saturated rings. The van der Waals surface area contributed by atoms with Crippen LogP contribution in [0.3, 0.4) is 0 Å². The molecule has 1 atom stereocenters. The first-order valence-electron chi connectivity index (χ1n) is 8.10. The molecule has 0 radical (unpaired) electrons. The summed E-state index contributed by atoms with van der Waals surface area (Å²) in [5.74, 6) is 2.21. The molecule has 0 spiro atoms. The molecule has 1 unspecified atom stereocenters. The van der Waals surface area contributed by atoms with Crippen molar-refractivity contribution in [3.63, 3.8) is 0 Å². The van der Waals surface area contributed by atoms with Crippen molar-refractivity contribution in [1.29, 1.82) is 0 Å². The minimum atomic E-state index is 0.558. The summed E-state index contributed by atoms with van der Waals surface area (Å²) in [4.78, 5) is 24.3. The second-order valence-electron chi connectivity index (χ2n) is 6.11.